The van der Waals surface area contributed by atoms with Gasteiger partial charge in [0.15, 0.2) is 0 Å². The van der Waals surface area contributed by atoms with Gasteiger partial charge in [-0.05, 0) is 36.2 Å². The van der Waals surface area contributed by atoms with E-state index in [4.69, 9.17) is 0 Å². The third kappa shape index (κ3) is 46.4. The Kier molecular flexibility index (Phi) is 47.0. The maximum atomic E-state index is 10.7. The fraction of sp³-hybridized carbons (Fsp3) is 0.950. The Hall–Kier alpha value is 0.439. The molecular formula is C40H80O4S2Sn. The molecule has 0 bridgehead atoms. The molecule has 0 radical (unpaired) electrons. The first kappa shape index (κ1) is 51.8. The average molecular weight is 808 g/mol. The number of thiol groups is 2. The van der Waals surface area contributed by atoms with Gasteiger partial charge in [0.05, 0.1) is 0 Å². The van der Waals surface area contributed by atoms with Crippen molar-refractivity contribution < 1.29 is 19.8 Å². The Balaban J connectivity index is -0.000000658. The van der Waals surface area contributed by atoms with Crippen LogP contribution in [0.5, 0.6) is 0 Å². The summed E-state index contributed by atoms with van der Waals surface area (Å²) in [5.41, 5.74) is 0. The topological polar surface area (TPSA) is 80.3 Å². The molecule has 0 aliphatic carbocycles. The SMILES string of the molecule is CC(C)CCCCCCCCCCC(CS)C(=O)[O-].CC(C)CCCCCCCCCCC(CS)C(=O)[O-].CCC[CH2][Sn+2][CH2]CCC. The van der Waals surface area contributed by atoms with Crippen LogP contribution in [0.4, 0.5) is 0 Å². The van der Waals surface area contributed by atoms with E-state index in [9.17, 15) is 19.8 Å². The summed E-state index contributed by atoms with van der Waals surface area (Å²) in [6.07, 6.45) is 30.1. The van der Waals surface area contributed by atoms with Gasteiger partial charge in [0, 0.05) is 23.8 Å². The molecule has 0 heterocycles. The quantitative estimate of drug-likeness (QED) is 0.0403. The molecule has 0 amide bonds. The van der Waals surface area contributed by atoms with Crippen LogP contribution >= 0.6 is 25.3 Å². The van der Waals surface area contributed by atoms with E-state index in [0.29, 0.717) is 11.5 Å². The molecule has 0 aliphatic heterocycles. The first-order valence-electron chi connectivity index (χ1n) is 19.9. The van der Waals surface area contributed by atoms with Crippen molar-refractivity contribution in [1.82, 2.24) is 0 Å². The number of hydrogen-bond acceptors (Lipinski definition) is 6. The van der Waals surface area contributed by atoms with Gasteiger partial charge in [-0.2, -0.15) is 25.3 Å². The van der Waals surface area contributed by atoms with Gasteiger partial charge in [-0.3, -0.25) is 0 Å². The zero-order valence-corrected chi connectivity index (χ0v) is 36.8. The zero-order valence-electron chi connectivity index (χ0n) is 32.1. The number of carboxylic acid groups (broad SMARTS) is 2. The predicted octanol–water partition coefficient (Wildman–Crippen LogP) is 10.8. The maximum absolute atomic E-state index is 10.7. The van der Waals surface area contributed by atoms with Gasteiger partial charge in [0.25, 0.3) is 0 Å². The Labute approximate surface area is 316 Å². The van der Waals surface area contributed by atoms with E-state index < -0.39 is 11.9 Å². The molecule has 0 aromatic rings. The predicted molar refractivity (Wildman–Crippen MR) is 212 cm³/mol. The molecule has 0 aromatic heterocycles. The van der Waals surface area contributed by atoms with Gasteiger partial charge in [-0.1, -0.05) is 143 Å². The molecule has 7 heteroatoms. The van der Waals surface area contributed by atoms with Crippen LogP contribution in [0, 0.1) is 23.7 Å². The van der Waals surface area contributed by atoms with Crippen LogP contribution in [0.2, 0.25) is 8.87 Å². The molecule has 0 fully saturated rings. The summed E-state index contributed by atoms with van der Waals surface area (Å²) in [4.78, 5) is 21.4. The number of unbranched alkanes of at least 4 members (excludes halogenated alkanes) is 16. The zero-order chi connectivity index (χ0) is 36.0. The molecule has 2 atom stereocenters. The van der Waals surface area contributed by atoms with Crippen molar-refractivity contribution >= 4 is 58.3 Å². The van der Waals surface area contributed by atoms with Crippen molar-refractivity contribution in [3.8, 4) is 0 Å². The van der Waals surface area contributed by atoms with Crippen LogP contribution in [0.1, 0.15) is 196 Å². The van der Waals surface area contributed by atoms with Gasteiger partial charge < -0.3 is 19.8 Å². The van der Waals surface area contributed by atoms with E-state index in [1.54, 1.807) is 8.87 Å². The molecule has 0 rings (SSSR count). The molecular weight excluding hydrogens is 727 g/mol. The van der Waals surface area contributed by atoms with E-state index >= 15 is 0 Å². The first-order chi connectivity index (χ1) is 22.6. The summed E-state index contributed by atoms with van der Waals surface area (Å²) in [5, 5.41) is 21.4. The second-order valence-corrected chi connectivity index (χ2v) is 19.5. The molecule has 0 saturated heterocycles. The van der Waals surface area contributed by atoms with Crippen LogP contribution in [0.25, 0.3) is 0 Å². The first-order valence-corrected chi connectivity index (χ1v) is 25.2. The number of aliphatic carboxylic acids is 2. The van der Waals surface area contributed by atoms with Crippen molar-refractivity contribution in [2.45, 2.75) is 205 Å². The van der Waals surface area contributed by atoms with E-state index in [1.807, 2.05) is 0 Å². The Morgan fingerprint density at radius 3 is 0.936 bits per heavy atom. The van der Waals surface area contributed by atoms with E-state index in [0.717, 1.165) is 50.4 Å². The van der Waals surface area contributed by atoms with Crippen LogP contribution in [-0.4, -0.2) is 44.6 Å². The number of rotatable bonds is 32. The normalized spacial score (nSPS) is 12.1. The summed E-state index contributed by atoms with van der Waals surface area (Å²) < 4.78 is 3.25. The van der Waals surface area contributed by atoms with Crippen molar-refractivity contribution in [2.75, 3.05) is 11.5 Å². The molecule has 0 aromatic carbocycles. The summed E-state index contributed by atoms with van der Waals surface area (Å²) in [6, 6.07) is 0. The van der Waals surface area contributed by atoms with Gasteiger partial charge >= 0.3 is 69.5 Å². The van der Waals surface area contributed by atoms with Gasteiger partial charge in [-0.15, -0.1) is 0 Å². The molecule has 0 spiro atoms. The average Bonchev–Trinajstić information content (AvgIpc) is 3.02. The van der Waals surface area contributed by atoms with Gasteiger partial charge in [0.1, 0.15) is 0 Å². The molecule has 280 valence electrons. The second kappa shape index (κ2) is 42.6. The van der Waals surface area contributed by atoms with Crippen LogP contribution in [0.3, 0.4) is 0 Å². The molecule has 2 unspecified atom stereocenters. The molecule has 0 saturated carbocycles. The molecule has 0 N–H and O–H groups in total. The molecule has 47 heavy (non-hydrogen) atoms. The van der Waals surface area contributed by atoms with Crippen molar-refractivity contribution in [1.29, 1.82) is 0 Å². The van der Waals surface area contributed by atoms with Crippen molar-refractivity contribution in [3.05, 3.63) is 0 Å². The fourth-order valence-electron chi connectivity index (χ4n) is 5.30. The van der Waals surface area contributed by atoms with E-state index in [-0.39, 0.29) is 33.0 Å². The molecule has 4 nitrogen and oxygen atoms in total. The number of carbonyl (C=O) groups excluding carboxylic acids is 2. The minimum atomic E-state index is -0.944. The number of carboxylic acids is 2. The van der Waals surface area contributed by atoms with Crippen LogP contribution in [-0.2, 0) is 9.59 Å². The summed E-state index contributed by atoms with van der Waals surface area (Å²) in [5.74, 6) is -0.137. The standard InChI is InChI=1S/2C16H32O2S.2C4H9.Sn/c2*1-14(2)11-9-7-5-3-4-6-8-10-12-15(13-19)16(17)18;2*1-3-4-2;/h2*14-15,19H,3-13H2,1-2H3,(H,17,18);2*1,3-4H2,2H3;/q;;;;+2/p-2. The van der Waals surface area contributed by atoms with Crippen molar-refractivity contribution in [2.24, 2.45) is 23.7 Å². The summed E-state index contributed by atoms with van der Waals surface area (Å²) >= 11 is 8.23. The van der Waals surface area contributed by atoms with Crippen LogP contribution in [0.15, 0.2) is 0 Å². The third-order valence-electron chi connectivity index (χ3n) is 8.69. The third-order valence-corrected chi connectivity index (χ3v) is 13.6. The minimum absolute atomic E-state index is 0.149. The van der Waals surface area contributed by atoms with Gasteiger partial charge in [0.2, 0.25) is 0 Å². The van der Waals surface area contributed by atoms with Crippen LogP contribution < -0.4 is 10.2 Å². The number of hydrogen-bond donors (Lipinski definition) is 2. The Morgan fingerprint density at radius 1 is 0.468 bits per heavy atom. The number of carbonyl (C=O) groups is 2. The second-order valence-electron chi connectivity index (χ2n) is 14.5. The van der Waals surface area contributed by atoms with E-state index in [2.05, 4.69) is 66.8 Å². The molecule has 0 aliphatic rings. The summed E-state index contributed by atoms with van der Waals surface area (Å²) in [7, 11) is 0. The van der Waals surface area contributed by atoms with E-state index in [1.165, 1.54) is 116 Å². The summed E-state index contributed by atoms with van der Waals surface area (Å²) in [6.45, 7) is 13.7. The monoisotopic (exact) mass is 808 g/mol. The van der Waals surface area contributed by atoms with Crippen molar-refractivity contribution in [3.63, 3.8) is 0 Å². The Morgan fingerprint density at radius 2 is 0.723 bits per heavy atom. The Bertz CT molecular complexity index is 581. The van der Waals surface area contributed by atoms with Gasteiger partial charge in [-0.25, -0.2) is 0 Å². The fourth-order valence-corrected chi connectivity index (χ4v) is 10.1.